The molecule has 0 aliphatic heterocycles. The van der Waals surface area contributed by atoms with Gasteiger partial charge in [-0.1, -0.05) is 32.1 Å². The number of H-pyrrole nitrogens is 1. The lowest BCUT2D eigenvalue weighted by Gasteiger charge is -2.23. The third kappa shape index (κ3) is 2.38. The van der Waals surface area contributed by atoms with Gasteiger partial charge in [0.2, 0.25) is 0 Å². The fourth-order valence-electron chi connectivity index (χ4n) is 2.42. The van der Waals surface area contributed by atoms with Crippen molar-refractivity contribution < 1.29 is 5.11 Å². The van der Waals surface area contributed by atoms with Crippen LogP contribution in [0.1, 0.15) is 50.2 Å². The molecule has 2 heteroatoms. The molecule has 2 rings (SSSR count). The van der Waals surface area contributed by atoms with E-state index in [-0.39, 0.29) is 6.10 Å². The van der Waals surface area contributed by atoms with E-state index < -0.39 is 0 Å². The van der Waals surface area contributed by atoms with Crippen molar-refractivity contribution in [2.24, 2.45) is 5.92 Å². The van der Waals surface area contributed by atoms with Crippen LogP contribution in [0.25, 0.3) is 0 Å². The second-order valence-electron chi connectivity index (χ2n) is 4.40. The van der Waals surface area contributed by atoms with Crippen LogP contribution in [0.3, 0.4) is 0 Å². The maximum absolute atomic E-state index is 9.94. The first-order valence-electron chi connectivity index (χ1n) is 5.67. The Morgan fingerprint density at radius 3 is 2.79 bits per heavy atom. The molecule has 14 heavy (non-hydrogen) atoms. The summed E-state index contributed by atoms with van der Waals surface area (Å²) in [6.45, 7) is 0. The summed E-state index contributed by atoms with van der Waals surface area (Å²) in [6, 6.07) is 1.97. The Morgan fingerprint density at radius 2 is 2.14 bits per heavy atom. The van der Waals surface area contributed by atoms with Gasteiger partial charge in [0, 0.05) is 12.4 Å². The third-order valence-electron chi connectivity index (χ3n) is 3.29. The van der Waals surface area contributed by atoms with Crippen LogP contribution in [0.5, 0.6) is 0 Å². The summed E-state index contributed by atoms with van der Waals surface area (Å²) in [6.07, 6.45) is 11.2. The molecule has 1 atom stereocenters. The maximum Gasteiger partial charge on any atom is 0.0807 e. The summed E-state index contributed by atoms with van der Waals surface area (Å²) in [4.78, 5) is 2.99. The Hall–Kier alpha value is -0.760. The molecule has 2 N–H and O–H groups in total. The lowest BCUT2D eigenvalue weighted by atomic mass is 9.84. The number of nitrogens with one attached hydrogen (secondary N) is 1. The molecule has 1 saturated carbocycles. The molecule has 78 valence electrons. The van der Waals surface area contributed by atoms with E-state index in [1.165, 1.54) is 32.1 Å². The molecule has 1 aromatic rings. The Kier molecular flexibility index (Phi) is 3.25. The first kappa shape index (κ1) is 9.78. The SMILES string of the molecule is OC(CC1CCCCC1)c1cc[nH]c1. The average molecular weight is 193 g/mol. The van der Waals surface area contributed by atoms with Crippen molar-refractivity contribution in [1.82, 2.24) is 4.98 Å². The van der Waals surface area contributed by atoms with Gasteiger partial charge in [-0.05, 0) is 24.0 Å². The highest BCUT2D eigenvalue weighted by atomic mass is 16.3. The number of aliphatic hydroxyl groups excluding tert-OH is 1. The van der Waals surface area contributed by atoms with E-state index in [2.05, 4.69) is 4.98 Å². The van der Waals surface area contributed by atoms with Gasteiger partial charge < -0.3 is 10.1 Å². The molecule has 1 unspecified atom stereocenters. The minimum Gasteiger partial charge on any atom is -0.388 e. The topological polar surface area (TPSA) is 36.0 Å². The van der Waals surface area contributed by atoms with E-state index in [0.29, 0.717) is 0 Å². The van der Waals surface area contributed by atoms with E-state index in [9.17, 15) is 5.11 Å². The smallest absolute Gasteiger partial charge is 0.0807 e. The van der Waals surface area contributed by atoms with Crippen molar-refractivity contribution in [3.8, 4) is 0 Å². The molecule has 1 fully saturated rings. The Morgan fingerprint density at radius 1 is 1.36 bits per heavy atom. The first-order valence-corrected chi connectivity index (χ1v) is 5.67. The van der Waals surface area contributed by atoms with E-state index >= 15 is 0 Å². The number of hydrogen-bond acceptors (Lipinski definition) is 1. The number of hydrogen-bond donors (Lipinski definition) is 2. The van der Waals surface area contributed by atoms with Gasteiger partial charge in [0.15, 0.2) is 0 Å². The molecule has 1 aliphatic rings. The monoisotopic (exact) mass is 193 g/mol. The second-order valence-corrected chi connectivity index (χ2v) is 4.40. The van der Waals surface area contributed by atoms with Crippen molar-refractivity contribution in [2.75, 3.05) is 0 Å². The average Bonchev–Trinajstić information content (AvgIpc) is 2.72. The zero-order valence-electron chi connectivity index (χ0n) is 8.58. The predicted molar refractivity (Wildman–Crippen MR) is 56.9 cm³/mol. The zero-order chi connectivity index (χ0) is 9.80. The van der Waals surface area contributed by atoms with Crippen LogP contribution < -0.4 is 0 Å². The Bertz CT molecular complexity index is 249. The third-order valence-corrected chi connectivity index (χ3v) is 3.29. The number of rotatable bonds is 3. The summed E-state index contributed by atoms with van der Waals surface area (Å²) in [5, 5.41) is 9.94. The van der Waals surface area contributed by atoms with E-state index in [1.807, 2.05) is 18.5 Å². The highest BCUT2D eigenvalue weighted by Gasteiger charge is 2.18. The van der Waals surface area contributed by atoms with Crippen LogP contribution in [0.4, 0.5) is 0 Å². The first-order chi connectivity index (χ1) is 6.86. The van der Waals surface area contributed by atoms with Crippen molar-refractivity contribution in [1.29, 1.82) is 0 Å². The van der Waals surface area contributed by atoms with Crippen LogP contribution in [-0.2, 0) is 0 Å². The summed E-state index contributed by atoms with van der Waals surface area (Å²) >= 11 is 0. The number of aliphatic hydroxyl groups is 1. The highest BCUT2D eigenvalue weighted by Crippen LogP contribution is 2.31. The lowest BCUT2D eigenvalue weighted by molar-refractivity contribution is 0.131. The van der Waals surface area contributed by atoms with E-state index in [1.54, 1.807) is 0 Å². The van der Waals surface area contributed by atoms with Gasteiger partial charge in [-0.2, -0.15) is 0 Å². The molecule has 1 aliphatic carbocycles. The molecule has 0 radical (unpaired) electrons. The molecule has 1 heterocycles. The predicted octanol–water partition coefficient (Wildman–Crippen LogP) is 3.02. The minimum atomic E-state index is -0.260. The largest absolute Gasteiger partial charge is 0.388 e. The standard InChI is InChI=1S/C12H19NO/c14-12(11-6-7-13-9-11)8-10-4-2-1-3-5-10/h6-7,9-10,12-14H,1-5,8H2. The fourth-order valence-corrected chi connectivity index (χ4v) is 2.42. The highest BCUT2D eigenvalue weighted by molar-refractivity contribution is 5.11. The van der Waals surface area contributed by atoms with Gasteiger partial charge in [-0.25, -0.2) is 0 Å². The molecule has 2 nitrogen and oxygen atoms in total. The fraction of sp³-hybridized carbons (Fsp3) is 0.667. The molecular formula is C12H19NO. The second kappa shape index (κ2) is 4.65. The lowest BCUT2D eigenvalue weighted by Crippen LogP contribution is -2.10. The quantitative estimate of drug-likeness (QED) is 0.760. The van der Waals surface area contributed by atoms with Crippen molar-refractivity contribution in [3.05, 3.63) is 24.0 Å². The summed E-state index contributed by atoms with van der Waals surface area (Å²) in [5.41, 5.74) is 1.04. The zero-order valence-corrected chi connectivity index (χ0v) is 8.58. The normalized spacial score (nSPS) is 20.9. The molecule has 1 aromatic heterocycles. The Balaban J connectivity index is 1.84. The Labute approximate surface area is 85.3 Å². The summed E-state index contributed by atoms with van der Waals surface area (Å²) in [5.74, 6) is 0.744. The molecule has 0 aromatic carbocycles. The van der Waals surface area contributed by atoms with Crippen molar-refractivity contribution in [2.45, 2.75) is 44.6 Å². The van der Waals surface area contributed by atoms with Crippen LogP contribution in [-0.4, -0.2) is 10.1 Å². The van der Waals surface area contributed by atoms with Crippen LogP contribution in [0.15, 0.2) is 18.5 Å². The molecule has 0 saturated heterocycles. The summed E-state index contributed by atoms with van der Waals surface area (Å²) in [7, 11) is 0. The van der Waals surface area contributed by atoms with Gasteiger partial charge in [0.1, 0.15) is 0 Å². The molecule has 0 spiro atoms. The molecular weight excluding hydrogens is 174 g/mol. The van der Waals surface area contributed by atoms with Gasteiger partial charge in [-0.3, -0.25) is 0 Å². The van der Waals surface area contributed by atoms with Crippen LogP contribution >= 0.6 is 0 Å². The minimum absolute atomic E-state index is 0.260. The van der Waals surface area contributed by atoms with Crippen LogP contribution in [0, 0.1) is 5.92 Å². The molecule has 0 amide bonds. The number of aromatic nitrogens is 1. The van der Waals surface area contributed by atoms with Crippen LogP contribution in [0.2, 0.25) is 0 Å². The maximum atomic E-state index is 9.94. The van der Waals surface area contributed by atoms with Gasteiger partial charge in [0.25, 0.3) is 0 Å². The van der Waals surface area contributed by atoms with Gasteiger partial charge >= 0.3 is 0 Å². The van der Waals surface area contributed by atoms with E-state index in [4.69, 9.17) is 0 Å². The molecule has 0 bridgehead atoms. The number of aromatic amines is 1. The van der Waals surface area contributed by atoms with Gasteiger partial charge in [0.05, 0.1) is 6.10 Å². The van der Waals surface area contributed by atoms with Gasteiger partial charge in [-0.15, -0.1) is 0 Å². The van der Waals surface area contributed by atoms with Crippen molar-refractivity contribution in [3.63, 3.8) is 0 Å². The van der Waals surface area contributed by atoms with E-state index in [0.717, 1.165) is 17.9 Å². The van der Waals surface area contributed by atoms with Crippen molar-refractivity contribution >= 4 is 0 Å². The summed E-state index contributed by atoms with van der Waals surface area (Å²) < 4.78 is 0.